The number of esters is 1. The Bertz CT molecular complexity index is 482. The van der Waals surface area contributed by atoms with Gasteiger partial charge in [0, 0.05) is 3.57 Å². The van der Waals surface area contributed by atoms with E-state index in [1.807, 2.05) is 22.6 Å². The van der Waals surface area contributed by atoms with Crippen LogP contribution in [-0.2, 0) is 14.9 Å². The molecule has 0 aliphatic carbocycles. The Balaban J connectivity index is 2.57. The second-order valence-corrected chi connectivity index (χ2v) is 5.56. The molecule has 0 heterocycles. The number of benzene rings is 1. The molecule has 0 bridgehead atoms. The first kappa shape index (κ1) is 13.4. The molecule has 0 aliphatic rings. The Morgan fingerprint density at radius 3 is 2.56 bits per heavy atom. The molecular weight excluding hydrogens is 347 g/mol. The SMILES string of the molecule is O=C(OCCS(=O)(=O)[O-])c1ccccc1I. The normalized spacial score (nSPS) is 11.1. The molecule has 5 nitrogen and oxygen atoms in total. The zero-order valence-corrected chi connectivity index (χ0v) is 11.0. The van der Waals surface area contributed by atoms with E-state index >= 15 is 0 Å². The van der Waals surface area contributed by atoms with E-state index in [1.165, 1.54) is 0 Å². The summed E-state index contributed by atoms with van der Waals surface area (Å²) >= 11 is 1.96. The molecule has 1 rings (SSSR count). The minimum Gasteiger partial charge on any atom is -0.748 e. The highest BCUT2D eigenvalue weighted by Crippen LogP contribution is 2.12. The molecule has 88 valence electrons. The first-order valence-corrected chi connectivity index (χ1v) is 6.91. The van der Waals surface area contributed by atoms with Crippen molar-refractivity contribution in [3.8, 4) is 0 Å². The lowest BCUT2D eigenvalue weighted by Gasteiger charge is -2.08. The van der Waals surface area contributed by atoms with E-state index in [0.29, 0.717) is 9.13 Å². The predicted octanol–water partition coefficient (Wildman–Crippen LogP) is 0.993. The van der Waals surface area contributed by atoms with Crippen LogP contribution in [0.2, 0.25) is 0 Å². The smallest absolute Gasteiger partial charge is 0.339 e. The first-order chi connectivity index (χ1) is 7.40. The van der Waals surface area contributed by atoms with Crippen LogP contribution >= 0.6 is 22.6 Å². The fourth-order valence-electron chi connectivity index (χ4n) is 0.941. The highest BCUT2D eigenvalue weighted by molar-refractivity contribution is 14.1. The zero-order chi connectivity index (χ0) is 12.2. The number of hydrogen-bond acceptors (Lipinski definition) is 5. The second kappa shape index (κ2) is 5.60. The lowest BCUT2D eigenvalue weighted by atomic mass is 10.2. The van der Waals surface area contributed by atoms with Crippen molar-refractivity contribution in [1.29, 1.82) is 0 Å². The lowest BCUT2D eigenvalue weighted by molar-refractivity contribution is 0.0527. The van der Waals surface area contributed by atoms with Gasteiger partial charge in [0.05, 0.1) is 21.4 Å². The number of halogens is 1. The van der Waals surface area contributed by atoms with Crippen LogP contribution in [0.3, 0.4) is 0 Å². The van der Waals surface area contributed by atoms with E-state index < -0.39 is 28.4 Å². The van der Waals surface area contributed by atoms with Gasteiger partial charge in [0.2, 0.25) is 0 Å². The molecule has 0 atom stereocenters. The minimum absolute atomic E-state index is 0.353. The maximum Gasteiger partial charge on any atom is 0.339 e. The summed E-state index contributed by atoms with van der Waals surface area (Å²) in [6, 6.07) is 6.72. The van der Waals surface area contributed by atoms with Gasteiger partial charge in [-0.15, -0.1) is 0 Å². The summed E-state index contributed by atoms with van der Waals surface area (Å²) < 4.78 is 36.2. The minimum atomic E-state index is -4.34. The highest BCUT2D eigenvalue weighted by atomic mass is 127. The number of rotatable bonds is 4. The monoisotopic (exact) mass is 355 g/mol. The Morgan fingerprint density at radius 1 is 1.38 bits per heavy atom. The van der Waals surface area contributed by atoms with Crippen LogP contribution in [0.1, 0.15) is 10.4 Å². The van der Waals surface area contributed by atoms with Crippen molar-refractivity contribution in [3.63, 3.8) is 0 Å². The molecule has 1 aromatic carbocycles. The summed E-state index contributed by atoms with van der Waals surface area (Å²) in [5, 5.41) is 0. The summed E-state index contributed by atoms with van der Waals surface area (Å²) in [4.78, 5) is 11.4. The fraction of sp³-hybridized carbons (Fsp3) is 0.222. The average molecular weight is 355 g/mol. The van der Waals surface area contributed by atoms with Crippen molar-refractivity contribution < 1.29 is 22.5 Å². The Hall–Kier alpha value is -0.670. The van der Waals surface area contributed by atoms with Crippen LogP contribution < -0.4 is 0 Å². The number of carbonyl (C=O) groups is 1. The maximum absolute atomic E-state index is 11.4. The maximum atomic E-state index is 11.4. The Morgan fingerprint density at radius 2 is 2.00 bits per heavy atom. The molecule has 0 aliphatic heterocycles. The molecule has 0 saturated heterocycles. The van der Waals surface area contributed by atoms with Crippen LogP contribution in [0.5, 0.6) is 0 Å². The predicted molar refractivity (Wildman–Crippen MR) is 64.0 cm³/mol. The largest absolute Gasteiger partial charge is 0.748 e. The van der Waals surface area contributed by atoms with E-state index in [2.05, 4.69) is 4.74 Å². The summed E-state index contributed by atoms with van der Waals surface area (Å²) in [5.74, 6) is -1.34. The van der Waals surface area contributed by atoms with Gasteiger partial charge in [-0.3, -0.25) is 0 Å². The van der Waals surface area contributed by atoms with Crippen LogP contribution in [0.4, 0.5) is 0 Å². The molecule has 7 heteroatoms. The Kier molecular flexibility index (Phi) is 4.69. The van der Waals surface area contributed by atoms with Crippen LogP contribution in [0, 0.1) is 3.57 Å². The molecule has 16 heavy (non-hydrogen) atoms. The summed E-state index contributed by atoms with van der Waals surface area (Å²) in [6.07, 6.45) is 0. The van der Waals surface area contributed by atoms with Crippen molar-refractivity contribution in [2.75, 3.05) is 12.4 Å². The highest BCUT2D eigenvalue weighted by Gasteiger charge is 2.10. The van der Waals surface area contributed by atoms with E-state index in [-0.39, 0.29) is 0 Å². The van der Waals surface area contributed by atoms with Crippen LogP contribution in [0.15, 0.2) is 24.3 Å². The van der Waals surface area contributed by atoms with E-state index in [9.17, 15) is 17.8 Å². The third-order valence-corrected chi connectivity index (χ3v) is 3.27. The number of hydrogen-bond donors (Lipinski definition) is 0. The molecule has 0 fully saturated rings. The molecule has 1 aromatic rings. The van der Waals surface area contributed by atoms with Gasteiger partial charge in [0.1, 0.15) is 6.61 Å². The van der Waals surface area contributed by atoms with Gasteiger partial charge in [-0.2, -0.15) is 0 Å². The van der Waals surface area contributed by atoms with Gasteiger partial charge < -0.3 is 9.29 Å². The fourth-order valence-corrected chi connectivity index (χ4v) is 1.84. The van der Waals surface area contributed by atoms with Gasteiger partial charge >= 0.3 is 5.97 Å². The lowest BCUT2D eigenvalue weighted by Crippen LogP contribution is -2.15. The topological polar surface area (TPSA) is 83.5 Å². The molecule has 0 spiro atoms. The third kappa shape index (κ3) is 4.45. The summed E-state index contributed by atoms with van der Waals surface area (Å²) in [6.45, 7) is -0.421. The summed E-state index contributed by atoms with van der Waals surface area (Å²) in [7, 11) is -4.34. The van der Waals surface area contributed by atoms with Crippen molar-refractivity contribution in [2.24, 2.45) is 0 Å². The van der Waals surface area contributed by atoms with E-state index in [0.717, 1.165) is 0 Å². The third-order valence-electron chi connectivity index (χ3n) is 1.66. The molecular formula is C9H8IO5S-. The van der Waals surface area contributed by atoms with Gasteiger partial charge in [0.15, 0.2) is 0 Å². The van der Waals surface area contributed by atoms with E-state index in [4.69, 9.17) is 0 Å². The van der Waals surface area contributed by atoms with Gasteiger partial charge in [-0.1, -0.05) is 12.1 Å². The number of carbonyl (C=O) groups excluding carboxylic acids is 1. The standard InChI is InChI=1S/C9H9IO5S/c10-8-4-2-1-3-7(8)9(11)15-5-6-16(12,13)14/h1-4H,5-6H2,(H,12,13,14)/p-1. The van der Waals surface area contributed by atoms with Crippen molar-refractivity contribution >= 4 is 38.7 Å². The molecule has 0 amide bonds. The van der Waals surface area contributed by atoms with Crippen LogP contribution in [-0.4, -0.2) is 31.3 Å². The van der Waals surface area contributed by atoms with Crippen LogP contribution in [0.25, 0.3) is 0 Å². The van der Waals surface area contributed by atoms with E-state index in [1.54, 1.807) is 24.3 Å². The summed E-state index contributed by atoms with van der Waals surface area (Å²) in [5.41, 5.74) is 0.353. The van der Waals surface area contributed by atoms with Gasteiger partial charge in [0.25, 0.3) is 0 Å². The molecule has 0 aromatic heterocycles. The second-order valence-electron chi connectivity index (χ2n) is 2.88. The van der Waals surface area contributed by atoms with Crippen molar-refractivity contribution in [1.82, 2.24) is 0 Å². The van der Waals surface area contributed by atoms with Gasteiger partial charge in [-0.05, 0) is 34.7 Å². The first-order valence-electron chi connectivity index (χ1n) is 4.25. The van der Waals surface area contributed by atoms with Gasteiger partial charge in [-0.25, -0.2) is 13.2 Å². The van der Waals surface area contributed by atoms with Crippen molar-refractivity contribution in [3.05, 3.63) is 33.4 Å². The zero-order valence-electron chi connectivity index (χ0n) is 8.05. The molecule has 0 N–H and O–H groups in total. The van der Waals surface area contributed by atoms with Crippen molar-refractivity contribution in [2.45, 2.75) is 0 Å². The molecule has 0 unspecified atom stereocenters. The quantitative estimate of drug-likeness (QED) is 0.457. The average Bonchev–Trinajstić information content (AvgIpc) is 2.16. The molecule has 0 saturated carbocycles. The number of ether oxygens (including phenoxy) is 1. The molecule has 0 radical (unpaired) electrons. The Labute approximate surface area is 107 Å².